The first-order valence-corrected chi connectivity index (χ1v) is 7.00. The fourth-order valence-electron chi connectivity index (χ4n) is 1.16. The molecule has 15 heavy (non-hydrogen) atoms. The predicted octanol–water partition coefficient (Wildman–Crippen LogP) is 2.51. The minimum Gasteiger partial charge on any atom is -0.390 e. The van der Waals surface area contributed by atoms with Gasteiger partial charge < -0.3 is 10.4 Å². The van der Waals surface area contributed by atoms with Crippen LogP contribution in [0.4, 0.5) is 0 Å². The van der Waals surface area contributed by atoms with Crippen molar-refractivity contribution < 1.29 is 5.11 Å². The van der Waals surface area contributed by atoms with Gasteiger partial charge in [0.05, 0.1) is 5.60 Å². The Morgan fingerprint density at radius 2 is 1.80 bits per heavy atom. The zero-order valence-electron chi connectivity index (χ0n) is 10.8. The van der Waals surface area contributed by atoms with Crippen molar-refractivity contribution in [3.8, 4) is 0 Å². The fourth-order valence-corrected chi connectivity index (χ4v) is 2.24. The van der Waals surface area contributed by atoms with Crippen LogP contribution in [-0.2, 0) is 0 Å². The molecule has 3 heteroatoms. The van der Waals surface area contributed by atoms with E-state index in [-0.39, 0.29) is 0 Å². The van der Waals surface area contributed by atoms with Crippen molar-refractivity contribution in [3.05, 3.63) is 0 Å². The molecular weight excluding hydrogens is 206 g/mol. The van der Waals surface area contributed by atoms with Crippen LogP contribution in [-0.4, -0.2) is 34.8 Å². The molecule has 0 amide bonds. The molecule has 0 radical (unpaired) electrons. The van der Waals surface area contributed by atoms with Gasteiger partial charge in [-0.1, -0.05) is 13.8 Å². The molecule has 1 unspecified atom stereocenters. The first-order chi connectivity index (χ1) is 6.81. The van der Waals surface area contributed by atoms with E-state index in [1.165, 1.54) is 5.75 Å². The summed E-state index contributed by atoms with van der Waals surface area (Å²) in [6.07, 6.45) is 0.812. The summed E-state index contributed by atoms with van der Waals surface area (Å²) in [5.74, 6) is 3.17. The van der Waals surface area contributed by atoms with Gasteiger partial charge in [0.15, 0.2) is 0 Å². The second kappa shape index (κ2) is 7.53. The highest BCUT2D eigenvalue weighted by Crippen LogP contribution is 2.09. The zero-order chi connectivity index (χ0) is 11.9. The summed E-state index contributed by atoms with van der Waals surface area (Å²) in [5, 5.41) is 13.0. The van der Waals surface area contributed by atoms with Crippen LogP contribution in [0.3, 0.4) is 0 Å². The molecule has 0 aliphatic heterocycles. The summed E-state index contributed by atoms with van der Waals surface area (Å²) < 4.78 is 0. The summed E-state index contributed by atoms with van der Waals surface area (Å²) in [6, 6.07) is 0.538. The van der Waals surface area contributed by atoms with Crippen molar-refractivity contribution in [1.82, 2.24) is 5.32 Å². The van der Waals surface area contributed by atoms with Crippen molar-refractivity contribution in [2.24, 2.45) is 5.92 Å². The lowest BCUT2D eigenvalue weighted by molar-refractivity contribution is 0.0707. The van der Waals surface area contributed by atoms with E-state index in [1.54, 1.807) is 0 Å². The number of nitrogens with one attached hydrogen (secondary N) is 1. The molecule has 0 aliphatic rings. The molecule has 0 rings (SSSR count). The van der Waals surface area contributed by atoms with Crippen LogP contribution in [0.2, 0.25) is 0 Å². The summed E-state index contributed by atoms with van der Waals surface area (Å²) in [5.41, 5.74) is -0.544. The highest BCUT2D eigenvalue weighted by atomic mass is 32.2. The van der Waals surface area contributed by atoms with Crippen LogP contribution in [0.1, 0.15) is 41.0 Å². The standard InChI is InChI=1S/C12H27NOS/c1-10(2)8-15-9-11(3)13-7-6-12(4,5)14/h10-11,13-14H,6-9H2,1-5H3. The third kappa shape index (κ3) is 12.2. The van der Waals surface area contributed by atoms with Gasteiger partial charge in [0.1, 0.15) is 0 Å². The molecule has 2 N–H and O–H groups in total. The van der Waals surface area contributed by atoms with Crippen LogP contribution >= 0.6 is 11.8 Å². The molecule has 0 bridgehead atoms. The maximum atomic E-state index is 9.53. The molecule has 0 fully saturated rings. The lowest BCUT2D eigenvalue weighted by Crippen LogP contribution is -2.33. The van der Waals surface area contributed by atoms with E-state index in [0.717, 1.165) is 24.6 Å². The fraction of sp³-hybridized carbons (Fsp3) is 1.00. The highest BCUT2D eigenvalue weighted by molar-refractivity contribution is 7.99. The van der Waals surface area contributed by atoms with Crippen LogP contribution in [0.5, 0.6) is 0 Å². The average Bonchev–Trinajstić information content (AvgIpc) is 2.00. The summed E-state index contributed by atoms with van der Waals surface area (Å²) in [4.78, 5) is 0. The monoisotopic (exact) mass is 233 g/mol. The Labute approximate surface area is 99.2 Å². The van der Waals surface area contributed by atoms with Crippen LogP contribution in [0, 0.1) is 5.92 Å². The van der Waals surface area contributed by atoms with Crippen molar-refractivity contribution >= 4 is 11.8 Å². The molecule has 0 aromatic heterocycles. The number of rotatable bonds is 8. The second-order valence-corrected chi connectivity index (χ2v) is 6.42. The quantitative estimate of drug-likeness (QED) is 0.676. The van der Waals surface area contributed by atoms with Crippen molar-refractivity contribution in [3.63, 3.8) is 0 Å². The van der Waals surface area contributed by atoms with E-state index >= 15 is 0 Å². The number of thioether (sulfide) groups is 1. The van der Waals surface area contributed by atoms with Crippen molar-refractivity contribution in [2.75, 3.05) is 18.1 Å². The van der Waals surface area contributed by atoms with Crippen LogP contribution < -0.4 is 5.32 Å². The number of aliphatic hydroxyl groups is 1. The van der Waals surface area contributed by atoms with E-state index in [1.807, 2.05) is 25.6 Å². The topological polar surface area (TPSA) is 32.3 Å². The number of hydrogen-bond acceptors (Lipinski definition) is 3. The lowest BCUT2D eigenvalue weighted by Gasteiger charge is -2.19. The average molecular weight is 233 g/mol. The van der Waals surface area contributed by atoms with Gasteiger partial charge in [0.25, 0.3) is 0 Å². The summed E-state index contributed by atoms with van der Waals surface area (Å²) >= 11 is 2.00. The second-order valence-electron chi connectivity index (χ2n) is 5.35. The van der Waals surface area contributed by atoms with E-state index in [4.69, 9.17) is 0 Å². The Morgan fingerprint density at radius 1 is 1.20 bits per heavy atom. The number of hydrogen-bond donors (Lipinski definition) is 2. The third-order valence-electron chi connectivity index (χ3n) is 2.05. The smallest absolute Gasteiger partial charge is 0.0603 e. The Morgan fingerprint density at radius 3 is 2.27 bits per heavy atom. The van der Waals surface area contributed by atoms with Crippen LogP contribution in [0.25, 0.3) is 0 Å². The van der Waals surface area contributed by atoms with E-state index < -0.39 is 5.60 Å². The van der Waals surface area contributed by atoms with Gasteiger partial charge in [-0.25, -0.2) is 0 Å². The molecule has 0 aromatic rings. The molecule has 0 heterocycles. The lowest BCUT2D eigenvalue weighted by atomic mass is 10.1. The van der Waals surface area contributed by atoms with Gasteiger partial charge in [-0.2, -0.15) is 11.8 Å². The minimum absolute atomic E-state index is 0.538. The van der Waals surface area contributed by atoms with Gasteiger partial charge in [0.2, 0.25) is 0 Å². The first kappa shape index (κ1) is 15.3. The summed E-state index contributed by atoms with van der Waals surface area (Å²) in [7, 11) is 0. The molecule has 0 saturated carbocycles. The Hall–Kier alpha value is 0.270. The predicted molar refractivity (Wildman–Crippen MR) is 70.5 cm³/mol. The van der Waals surface area contributed by atoms with Crippen molar-refractivity contribution in [2.45, 2.75) is 52.7 Å². The van der Waals surface area contributed by atoms with E-state index in [2.05, 4.69) is 26.1 Å². The molecule has 2 nitrogen and oxygen atoms in total. The highest BCUT2D eigenvalue weighted by Gasteiger charge is 2.12. The van der Waals surface area contributed by atoms with E-state index in [9.17, 15) is 5.11 Å². The molecule has 0 aliphatic carbocycles. The molecule has 0 saturated heterocycles. The molecular formula is C12H27NOS. The minimum atomic E-state index is -0.544. The van der Waals surface area contributed by atoms with Gasteiger partial charge >= 0.3 is 0 Å². The SMILES string of the molecule is CC(C)CSCC(C)NCCC(C)(C)O. The normalized spacial score (nSPS) is 14.6. The largest absolute Gasteiger partial charge is 0.390 e. The van der Waals surface area contributed by atoms with E-state index in [0.29, 0.717) is 6.04 Å². The van der Waals surface area contributed by atoms with Gasteiger partial charge in [-0.3, -0.25) is 0 Å². The summed E-state index contributed by atoms with van der Waals surface area (Å²) in [6.45, 7) is 11.3. The third-order valence-corrected chi connectivity index (χ3v) is 3.69. The molecule has 0 aromatic carbocycles. The molecule has 92 valence electrons. The van der Waals surface area contributed by atoms with Crippen molar-refractivity contribution in [1.29, 1.82) is 0 Å². The van der Waals surface area contributed by atoms with Gasteiger partial charge in [-0.15, -0.1) is 0 Å². The first-order valence-electron chi connectivity index (χ1n) is 5.85. The van der Waals surface area contributed by atoms with Gasteiger partial charge in [0, 0.05) is 11.8 Å². The Balaban J connectivity index is 3.37. The van der Waals surface area contributed by atoms with Crippen LogP contribution in [0.15, 0.2) is 0 Å². The Kier molecular flexibility index (Phi) is 7.66. The molecule has 1 atom stereocenters. The maximum Gasteiger partial charge on any atom is 0.0603 e. The van der Waals surface area contributed by atoms with Gasteiger partial charge in [-0.05, 0) is 45.4 Å². The Bertz CT molecular complexity index is 154. The zero-order valence-corrected chi connectivity index (χ0v) is 11.7. The molecule has 0 spiro atoms. The maximum absolute atomic E-state index is 9.53.